The van der Waals surface area contributed by atoms with E-state index in [1.54, 1.807) is 49.6 Å². The van der Waals surface area contributed by atoms with Gasteiger partial charge in [-0.3, -0.25) is 14.5 Å². The van der Waals surface area contributed by atoms with Crippen LogP contribution in [0.4, 0.5) is 5.69 Å². The predicted octanol–water partition coefficient (Wildman–Crippen LogP) is 6.78. The Balaban J connectivity index is 1.89. The van der Waals surface area contributed by atoms with Gasteiger partial charge in [-0.25, -0.2) is 0 Å². The Kier molecular flexibility index (Phi) is 7.46. The smallest absolute Gasteiger partial charge is 0.300 e. The Morgan fingerprint density at radius 3 is 2.19 bits per heavy atom. The van der Waals surface area contributed by atoms with Gasteiger partial charge in [0.2, 0.25) is 0 Å². The number of nitrogens with zero attached hydrogens (tertiary/aromatic N) is 1. The number of aliphatic hydroxyl groups excluding tert-OH is 1. The van der Waals surface area contributed by atoms with Crippen molar-refractivity contribution in [2.45, 2.75) is 39.2 Å². The minimum Gasteiger partial charge on any atom is -0.507 e. The molecule has 1 N–H and O–H groups in total. The number of benzene rings is 3. The summed E-state index contributed by atoms with van der Waals surface area (Å²) in [7, 11) is 1.54. The van der Waals surface area contributed by atoms with Gasteiger partial charge in [0.05, 0.1) is 29.8 Å². The number of aliphatic hydroxyl groups is 1. The number of rotatable bonds is 6. The summed E-state index contributed by atoms with van der Waals surface area (Å²) in [5.74, 6) is -0.454. The monoisotopic (exact) mass is 563 g/mol. The third-order valence-electron chi connectivity index (χ3n) is 6.39. The van der Waals surface area contributed by atoms with Gasteiger partial charge in [-0.2, -0.15) is 0 Å². The van der Waals surface area contributed by atoms with E-state index in [0.717, 1.165) is 11.1 Å². The fourth-order valence-corrected chi connectivity index (χ4v) is 4.96. The lowest BCUT2D eigenvalue weighted by Gasteiger charge is -2.27. The van der Waals surface area contributed by atoms with Crippen LogP contribution in [0, 0.1) is 0 Å². The normalized spacial score (nSPS) is 17.2. The molecule has 1 fully saturated rings. The van der Waals surface area contributed by atoms with Gasteiger partial charge >= 0.3 is 0 Å². The van der Waals surface area contributed by atoms with Gasteiger partial charge in [-0.05, 0) is 81.9 Å². The molecule has 7 heteroatoms. The summed E-state index contributed by atoms with van der Waals surface area (Å²) in [6, 6.07) is 19.0. The molecular weight excluding hydrogens is 534 g/mol. The maximum atomic E-state index is 13.4. The van der Waals surface area contributed by atoms with Crippen molar-refractivity contribution >= 4 is 39.1 Å². The van der Waals surface area contributed by atoms with Gasteiger partial charge in [0.15, 0.2) is 0 Å². The van der Waals surface area contributed by atoms with Crippen LogP contribution in [0.2, 0.25) is 0 Å². The maximum absolute atomic E-state index is 13.4. The topological polar surface area (TPSA) is 76.1 Å². The molecule has 0 spiro atoms. The third kappa shape index (κ3) is 5.14. The molecular formula is C30H30BrNO5. The van der Waals surface area contributed by atoms with Crippen molar-refractivity contribution in [1.82, 2.24) is 0 Å². The Labute approximate surface area is 225 Å². The van der Waals surface area contributed by atoms with Gasteiger partial charge < -0.3 is 14.6 Å². The highest BCUT2D eigenvalue weighted by molar-refractivity contribution is 9.10. The third-order valence-corrected chi connectivity index (χ3v) is 7.01. The second kappa shape index (κ2) is 10.4. The molecule has 4 rings (SSSR count). The van der Waals surface area contributed by atoms with E-state index < -0.39 is 17.7 Å². The lowest BCUT2D eigenvalue weighted by molar-refractivity contribution is -0.132. The number of Topliss-reactive ketones (excluding diaryl/α,β-unsaturated/α-hetero) is 1. The molecule has 0 aromatic heterocycles. The number of carbonyl (C=O) groups excluding carboxylic acids is 2. The number of ketones is 1. The molecule has 1 amide bonds. The molecule has 0 saturated carbocycles. The van der Waals surface area contributed by atoms with Crippen molar-refractivity contribution in [1.29, 1.82) is 0 Å². The molecule has 0 radical (unpaired) electrons. The van der Waals surface area contributed by atoms with Crippen molar-refractivity contribution in [3.8, 4) is 11.5 Å². The second-order valence-electron chi connectivity index (χ2n) is 9.82. The first-order valence-corrected chi connectivity index (χ1v) is 12.8. The molecule has 1 aliphatic heterocycles. The first-order chi connectivity index (χ1) is 17.6. The number of ether oxygens (including phenoxy) is 2. The molecule has 3 aromatic carbocycles. The number of methoxy groups -OCH3 is 1. The maximum Gasteiger partial charge on any atom is 0.300 e. The molecule has 6 nitrogen and oxygen atoms in total. The van der Waals surface area contributed by atoms with E-state index >= 15 is 0 Å². The highest BCUT2D eigenvalue weighted by Crippen LogP contribution is 2.43. The van der Waals surface area contributed by atoms with Crippen LogP contribution in [0.3, 0.4) is 0 Å². The summed E-state index contributed by atoms with van der Waals surface area (Å²) < 4.78 is 11.4. The van der Waals surface area contributed by atoms with Crippen LogP contribution < -0.4 is 14.4 Å². The van der Waals surface area contributed by atoms with Gasteiger partial charge in [-0.1, -0.05) is 45.0 Å². The van der Waals surface area contributed by atoms with E-state index in [9.17, 15) is 14.7 Å². The summed E-state index contributed by atoms with van der Waals surface area (Å²) in [4.78, 5) is 28.3. The number of halogens is 1. The molecule has 1 aliphatic rings. The van der Waals surface area contributed by atoms with Crippen molar-refractivity contribution in [3.05, 3.63) is 93.5 Å². The zero-order chi connectivity index (χ0) is 26.9. The lowest BCUT2D eigenvalue weighted by atomic mass is 9.85. The fraction of sp³-hybridized carbons (Fsp3) is 0.267. The van der Waals surface area contributed by atoms with Gasteiger partial charge in [0, 0.05) is 11.3 Å². The minimum atomic E-state index is -0.812. The van der Waals surface area contributed by atoms with Crippen LogP contribution in [0.15, 0.2) is 76.8 Å². The van der Waals surface area contributed by atoms with Crippen LogP contribution in [0.25, 0.3) is 5.76 Å². The Morgan fingerprint density at radius 2 is 1.65 bits per heavy atom. The summed E-state index contributed by atoms with van der Waals surface area (Å²) in [5.41, 5.74) is 2.73. The second-order valence-corrected chi connectivity index (χ2v) is 10.7. The molecule has 3 aromatic rings. The van der Waals surface area contributed by atoms with Crippen LogP contribution in [0.5, 0.6) is 11.5 Å². The van der Waals surface area contributed by atoms with E-state index in [0.29, 0.717) is 33.8 Å². The standard InChI is InChI=1S/C30H30BrNO5/c1-6-37-22-14-12-21(13-15-22)32-26(18-7-10-20(11-8-18)30(2,3)4)25(28(34)29(32)35)27(33)19-9-16-24(36-5)23(31)17-19/h7-17,26,33H,6H2,1-5H3/b27-25-. The number of hydrogen-bond donors (Lipinski definition) is 1. The van der Waals surface area contributed by atoms with Crippen molar-refractivity contribution < 1.29 is 24.2 Å². The van der Waals surface area contributed by atoms with Crippen LogP contribution >= 0.6 is 15.9 Å². The highest BCUT2D eigenvalue weighted by Gasteiger charge is 2.47. The van der Waals surface area contributed by atoms with Crippen LogP contribution in [-0.2, 0) is 15.0 Å². The summed E-state index contributed by atoms with van der Waals surface area (Å²) >= 11 is 3.43. The first kappa shape index (κ1) is 26.5. The van der Waals surface area contributed by atoms with E-state index in [4.69, 9.17) is 9.47 Å². The minimum absolute atomic E-state index is 0.0273. The first-order valence-electron chi connectivity index (χ1n) is 12.0. The van der Waals surface area contributed by atoms with E-state index in [-0.39, 0.29) is 16.7 Å². The average molecular weight is 564 g/mol. The average Bonchev–Trinajstić information content (AvgIpc) is 3.14. The number of carbonyl (C=O) groups is 2. The van der Waals surface area contributed by atoms with E-state index in [2.05, 4.69) is 36.7 Å². The van der Waals surface area contributed by atoms with Gasteiger partial charge in [-0.15, -0.1) is 0 Å². The van der Waals surface area contributed by atoms with Crippen molar-refractivity contribution in [2.24, 2.45) is 0 Å². The number of amides is 1. The van der Waals surface area contributed by atoms with Crippen LogP contribution in [-0.4, -0.2) is 30.5 Å². The molecule has 1 heterocycles. The SMILES string of the molecule is CCOc1ccc(N2C(=O)C(=O)/C(=C(\O)c3ccc(OC)c(Br)c3)C2c2ccc(C(C)(C)C)cc2)cc1. The Hall–Kier alpha value is -3.58. The quantitative estimate of drug-likeness (QED) is 0.203. The number of anilines is 1. The molecule has 1 saturated heterocycles. The molecule has 0 bridgehead atoms. The lowest BCUT2D eigenvalue weighted by Crippen LogP contribution is -2.29. The highest BCUT2D eigenvalue weighted by atomic mass is 79.9. The van der Waals surface area contributed by atoms with E-state index in [1.165, 1.54) is 4.90 Å². The fourth-order valence-electron chi connectivity index (χ4n) is 4.42. The summed E-state index contributed by atoms with van der Waals surface area (Å²) in [6.07, 6.45) is 0. The Bertz CT molecular complexity index is 1350. The molecule has 37 heavy (non-hydrogen) atoms. The molecule has 192 valence electrons. The molecule has 0 aliphatic carbocycles. The molecule has 1 atom stereocenters. The largest absolute Gasteiger partial charge is 0.507 e. The summed E-state index contributed by atoms with van der Waals surface area (Å²) in [6.45, 7) is 8.77. The van der Waals surface area contributed by atoms with Crippen molar-refractivity contribution in [3.63, 3.8) is 0 Å². The predicted molar refractivity (Wildman–Crippen MR) is 148 cm³/mol. The number of hydrogen-bond acceptors (Lipinski definition) is 5. The van der Waals surface area contributed by atoms with Crippen molar-refractivity contribution in [2.75, 3.05) is 18.6 Å². The van der Waals surface area contributed by atoms with Gasteiger partial charge in [0.25, 0.3) is 11.7 Å². The Morgan fingerprint density at radius 1 is 1.00 bits per heavy atom. The summed E-state index contributed by atoms with van der Waals surface area (Å²) in [5, 5.41) is 11.4. The molecule has 1 unspecified atom stereocenters. The van der Waals surface area contributed by atoms with Crippen LogP contribution in [0.1, 0.15) is 50.4 Å². The zero-order valence-electron chi connectivity index (χ0n) is 21.5. The zero-order valence-corrected chi connectivity index (χ0v) is 23.1. The van der Waals surface area contributed by atoms with E-state index in [1.807, 2.05) is 31.2 Å². The van der Waals surface area contributed by atoms with Gasteiger partial charge in [0.1, 0.15) is 17.3 Å².